The Balaban J connectivity index is 1.68. The van der Waals surface area contributed by atoms with Gasteiger partial charge in [-0.25, -0.2) is 8.42 Å². The molecule has 0 radical (unpaired) electrons. The first-order chi connectivity index (χ1) is 13.3. The Morgan fingerprint density at radius 3 is 2.43 bits per heavy atom. The van der Waals surface area contributed by atoms with Crippen molar-refractivity contribution >= 4 is 27.5 Å². The molecule has 0 spiro atoms. The third-order valence-corrected chi connectivity index (χ3v) is 7.23. The maximum absolute atomic E-state index is 12.9. The molecule has 1 aliphatic rings. The molecule has 3 rings (SSSR count). The second-order valence-corrected chi connectivity index (χ2v) is 9.71. The maximum Gasteiger partial charge on any atom is 0.243 e. The number of sulfonamides is 1. The van der Waals surface area contributed by atoms with Crippen LogP contribution in [0.25, 0.3) is 0 Å². The van der Waals surface area contributed by atoms with Gasteiger partial charge in [0.05, 0.1) is 10.8 Å². The molecule has 0 aliphatic carbocycles. The van der Waals surface area contributed by atoms with Crippen LogP contribution in [0.2, 0.25) is 5.02 Å². The monoisotopic (exact) mass is 420 g/mol. The minimum atomic E-state index is -3.63. The smallest absolute Gasteiger partial charge is 0.243 e. The van der Waals surface area contributed by atoms with Crippen molar-refractivity contribution in [3.8, 4) is 0 Å². The molecule has 1 saturated heterocycles. The number of rotatable bonds is 5. The molecule has 2 aromatic rings. The molecule has 0 unspecified atom stereocenters. The first-order valence-electron chi connectivity index (χ1n) is 9.33. The molecule has 0 aromatic heterocycles. The first-order valence-corrected chi connectivity index (χ1v) is 11.2. The summed E-state index contributed by atoms with van der Waals surface area (Å²) >= 11 is 5.86. The zero-order valence-corrected chi connectivity index (χ0v) is 17.7. The van der Waals surface area contributed by atoms with Gasteiger partial charge in [0.1, 0.15) is 0 Å². The van der Waals surface area contributed by atoms with Crippen LogP contribution < -0.4 is 0 Å². The van der Waals surface area contributed by atoms with E-state index < -0.39 is 10.0 Å². The minimum Gasteiger partial charge on any atom is -0.341 e. The highest BCUT2D eigenvalue weighted by atomic mass is 35.5. The van der Waals surface area contributed by atoms with Crippen molar-refractivity contribution in [2.45, 2.75) is 31.2 Å². The fraction of sp³-hybridized carbons (Fsp3) is 0.381. The number of amides is 1. The van der Waals surface area contributed by atoms with E-state index in [1.54, 1.807) is 24.1 Å². The lowest BCUT2D eigenvalue weighted by molar-refractivity contribution is -0.135. The van der Waals surface area contributed by atoms with Crippen LogP contribution in [0.5, 0.6) is 0 Å². The van der Waals surface area contributed by atoms with Crippen molar-refractivity contribution in [3.63, 3.8) is 0 Å². The molecule has 1 aliphatic heterocycles. The first kappa shape index (κ1) is 20.8. The molecule has 2 aromatic carbocycles. The lowest BCUT2D eigenvalue weighted by atomic mass is 9.98. The van der Waals surface area contributed by atoms with E-state index in [0.29, 0.717) is 31.0 Å². The summed E-state index contributed by atoms with van der Waals surface area (Å²) in [5, 5.41) is 0.489. The Kier molecular flexibility index (Phi) is 6.43. The lowest BCUT2D eigenvalue weighted by Crippen LogP contribution is -2.45. The van der Waals surface area contributed by atoms with Crippen LogP contribution >= 0.6 is 11.6 Å². The molecule has 0 N–H and O–H groups in total. The Hall–Kier alpha value is -1.89. The van der Waals surface area contributed by atoms with Gasteiger partial charge in [-0.2, -0.15) is 4.31 Å². The van der Waals surface area contributed by atoms with E-state index in [4.69, 9.17) is 11.6 Å². The molecular formula is C21H25ClN2O3S. The fourth-order valence-corrected chi connectivity index (χ4v) is 5.12. The van der Waals surface area contributed by atoms with Gasteiger partial charge >= 0.3 is 0 Å². The van der Waals surface area contributed by atoms with Crippen LogP contribution in [-0.2, 0) is 21.4 Å². The van der Waals surface area contributed by atoms with Crippen molar-refractivity contribution in [1.29, 1.82) is 0 Å². The van der Waals surface area contributed by atoms with Crippen LogP contribution in [0.4, 0.5) is 0 Å². The molecule has 0 bridgehead atoms. The molecule has 1 heterocycles. The number of piperidine rings is 1. The third kappa shape index (κ3) is 4.74. The van der Waals surface area contributed by atoms with E-state index in [1.165, 1.54) is 22.0 Å². The minimum absolute atomic E-state index is 0.0171. The molecular weight excluding hydrogens is 396 g/mol. The summed E-state index contributed by atoms with van der Waals surface area (Å²) in [5.41, 5.74) is 2.23. The van der Waals surface area contributed by atoms with Crippen LogP contribution in [0.15, 0.2) is 53.4 Å². The van der Waals surface area contributed by atoms with Crippen LogP contribution in [0.3, 0.4) is 0 Å². The summed E-state index contributed by atoms with van der Waals surface area (Å²) in [5.74, 6) is -0.345. The summed E-state index contributed by atoms with van der Waals surface area (Å²) in [4.78, 5) is 14.8. The molecule has 7 heteroatoms. The molecule has 1 amide bonds. The number of nitrogens with zero attached hydrogens (tertiary/aromatic N) is 2. The van der Waals surface area contributed by atoms with Crippen LogP contribution in [-0.4, -0.2) is 43.7 Å². The number of hydrogen-bond donors (Lipinski definition) is 0. The van der Waals surface area contributed by atoms with Gasteiger partial charge < -0.3 is 4.90 Å². The number of halogens is 1. The van der Waals surface area contributed by atoms with E-state index in [9.17, 15) is 13.2 Å². The summed E-state index contributed by atoms with van der Waals surface area (Å²) < 4.78 is 27.3. The van der Waals surface area contributed by atoms with E-state index in [2.05, 4.69) is 0 Å². The summed E-state index contributed by atoms with van der Waals surface area (Å²) in [7, 11) is -1.86. The Bertz CT molecular complexity index is 927. The normalized spacial score (nSPS) is 18.0. The summed E-state index contributed by atoms with van der Waals surface area (Å²) in [6.07, 6.45) is 1.37. The molecule has 1 atom stereocenters. The highest BCUT2D eigenvalue weighted by Crippen LogP contribution is 2.26. The summed E-state index contributed by atoms with van der Waals surface area (Å²) in [6.45, 7) is 3.17. The van der Waals surface area contributed by atoms with Crippen LogP contribution in [0.1, 0.15) is 24.0 Å². The molecule has 5 nitrogen and oxygen atoms in total. The molecule has 1 fully saturated rings. The lowest BCUT2D eigenvalue weighted by Gasteiger charge is -2.33. The molecule has 150 valence electrons. The average Bonchev–Trinajstić information content (AvgIpc) is 2.69. The fourth-order valence-electron chi connectivity index (χ4n) is 3.47. The highest BCUT2D eigenvalue weighted by Gasteiger charge is 2.34. The zero-order valence-electron chi connectivity index (χ0n) is 16.1. The van der Waals surface area contributed by atoms with E-state index in [-0.39, 0.29) is 23.3 Å². The van der Waals surface area contributed by atoms with Crippen molar-refractivity contribution in [3.05, 3.63) is 64.7 Å². The standard InChI is InChI=1S/C21H25ClN2O3S/c1-16-5-7-17(8-6-16)14-23(2)21(25)18-4-3-13-24(15-18)28(26,27)20-11-9-19(22)10-12-20/h5-12,18H,3-4,13-15H2,1-2H3/t18-/m0/s1. The largest absolute Gasteiger partial charge is 0.341 e. The maximum atomic E-state index is 12.9. The topological polar surface area (TPSA) is 57.7 Å². The van der Waals surface area contributed by atoms with Gasteiger partial charge in [0.2, 0.25) is 15.9 Å². The van der Waals surface area contributed by atoms with E-state index in [0.717, 1.165) is 5.56 Å². The molecule has 0 saturated carbocycles. The van der Waals surface area contributed by atoms with Gasteiger partial charge in [0.25, 0.3) is 0 Å². The van der Waals surface area contributed by atoms with Gasteiger partial charge in [0.15, 0.2) is 0 Å². The number of hydrogen-bond acceptors (Lipinski definition) is 3. The van der Waals surface area contributed by atoms with Gasteiger partial charge in [0, 0.05) is 31.7 Å². The van der Waals surface area contributed by atoms with Gasteiger partial charge in [-0.3, -0.25) is 4.79 Å². The Morgan fingerprint density at radius 2 is 1.79 bits per heavy atom. The van der Waals surface area contributed by atoms with E-state index in [1.807, 2.05) is 31.2 Å². The average molecular weight is 421 g/mol. The number of benzene rings is 2. The Morgan fingerprint density at radius 1 is 1.14 bits per heavy atom. The van der Waals surface area contributed by atoms with Crippen molar-refractivity contribution in [2.24, 2.45) is 5.92 Å². The predicted molar refractivity (Wildman–Crippen MR) is 111 cm³/mol. The SMILES string of the molecule is Cc1ccc(CN(C)C(=O)[C@H]2CCCN(S(=O)(=O)c3ccc(Cl)cc3)C2)cc1. The second-order valence-electron chi connectivity index (χ2n) is 7.34. The van der Waals surface area contributed by atoms with Crippen molar-refractivity contribution in [2.75, 3.05) is 20.1 Å². The Labute approximate surface area is 172 Å². The van der Waals surface area contributed by atoms with E-state index >= 15 is 0 Å². The molecule has 28 heavy (non-hydrogen) atoms. The zero-order chi connectivity index (χ0) is 20.3. The third-order valence-electron chi connectivity index (χ3n) is 5.10. The summed E-state index contributed by atoms with van der Waals surface area (Å²) in [6, 6.07) is 14.2. The highest BCUT2D eigenvalue weighted by molar-refractivity contribution is 7.89. The van der Waals surface area contributed by atoms with Crippen LogP contribution in [0, 0.1) is 12.8 Å². The number of carbonyl (C=O) groups is 1. The van der Waals surface area contributed by atoms with Crippen molar-refractivity contribution in [1.82, 2.24) is 9.21 Å². The van der Waals surface area contributed by atoms with Gasteiger partial charge in [-0.15, -0.1) is 0 Å². The number of aryl methyl sites for hydroxylation is 1. The quantitative estimate of drug-likeness (QED) is 0.740. The number of carbonyl (C=O) groups excluding carboxylic acids is 1. The van der Waals surface area contributed by atoms with Crippen molar-refractivity contribution < 1.29 is 13.2 Å². The predicted octanol–water partition coefficient (Wildman–Crippen LogP) is 3.71. The van der Waals surface area contributed by atoms with Gasteiger partial charge in [-0.05, 0) is 49.6 Å². The van der Waals surface area contributed by atoms with Gasteiger partial charge in [-0.1, -0.05) is 41.4 Å². The second kappa shape index (κ2) is 8.64.